The van der Waals surface area contributed by atoms with Crippen LogP contribution in [0.1, 0.15) is 72.4 Å². The molecule has 5 aromatic rings. The van der Waals surface area contributed by atoms with Crippen LogP contribution in [0, 0.1) is 25.7 Å². The summed E-state index contributed by atoms with van der Waals surface area (Å²) in [4.78, 5) is 65.6. The number of aryl methyl sites for hydroxylation is 2. The van der Waals surface area contributed by atoms with Gasteiger partial charge in [-0.15, -0.1) is 0 Å². The van der Waals surface area contributed by atoms with Gasteiger partial charge >= 0.3 is 6.03 Å². The van der Waals surface area contributed by atoms with Gasteiger partial charge in [-0.3, -0.25) is 29.4 Å². The zero-order valence-corrected chi connectivity index (χ0v) is 32.9. The maximum absolute atomic E-state index is 14.2. The Bertz CT molecular complexity index is 2320. The molecule has 1 atom stereocenters. The SMILES string of the molecule is Cc1ccc(Nc2ncc3c(n2)N(C)C(=O)N(c2cc(NC(=O)c4ccc5c(c4)N(CC(C)C)C(=O)[C@H](CC(C)C)N=C5c4ccccc4)ccc2C)C3)cn1. The minimum Gasteiger partial charge on any atom is -0.323 e. The number of rotatable bonds is 10. The molecule has 2 aliphatic rings. The number of benzodiazepines with no additional fused rings is 1. The molecule has 0 bridgehead atoms. The highest BCUT2D eigenvalue weighted by Crippen LogP contribution is 2.35. The first kappa shape index (κ1) is 37.9. The summed E-state index contributed by atoms with van der Waals surface area (Å²) in [6.07, 6.45) is 4.03. The van der Waals surface area contributed by atoms with Crippen LogP contribution >= 0.6 is 0 Å². The lowest BCUT2D eigenvalue weighted by Crippen LogP contribution is -2.46. The molecule has 12 nitrogen and oxygen atoms in total. The van der Waals surface area contributed by atoms with E-state index in [4.69, 9.17) is 4.99 Å². The normalized spacial score (nSPS) is 15.4. The zero-order valence-electron chi connectivity index (χ0n) is 32.9. The highest BCUT2D eigenvalue weighted by Gasteiger charge is 2.34. The number of carbonyl (C=O) groups excluding carboxylic acids is 3. The van der Waals surface area contributed by atoms with Gasteiger partial charge in [0.25, 0.3) is 11.8 Å². The van der Waals surface area contributed by atoms with Crippen molar-refractivity contribution in [2.24, 2.45) is 16.8 Å². The zero-order chi connectivity index (χ0) is 39.7. The first-order valence-electron chi connectivity index (χ1n) is 19.0. The highest BCUT2D eigenvalue weighted by molar-refractivity contribution is 6.21. The van der Waals surface area contributed by atoms with Gasteiger partial charge in [0.15, 0.2) is 0 Å². The topological polar surface area (TPSA) is 136 Å². The minimum absolute atomic E-state index is 0.0699. The average molecular weight is 750 g/mol. The first-order chi connectivity index (χ1) is 26.9. The molecule has 12 heteroatoms. The van der Waals surface area contributed by atoms with Crippen molar-refractivity contribution >= 4 is 58.1 Å². The van der Waals surface area contributed by atoms with Crippen LogP contribution in [-0.4, -0.2) is 58.1 Å². The van der Waals surface area contributed by atoms with Crippen molar-refractivity contribution < 1.29 is 14.4 Å². The van der Waals surface area contributed by atoms with Gasteiger partial charge in [0.1, 0.15) is 11.9 Å². The summed E-state index contributed by atoms with van der Waals surface area (Å²) >= 11 is 0. The van der Waals surface area contributed by atoms with E-state index in [1.54, 1.807) is 42.5 Å². The molecule has 0 spiro atoms. The lowest BCUT2D eigenvalue weighted by molar-refractivity contribution is -0.120. The maximum atomic E-state index is 14.2. The number of benzene rings is 3. The lowest BCUT2D eigenvalue weighted by atomic mass is 9.98. The van der Waals surface area contributed by atoms with E-state index in [-0.39, 0.29) is 36.2 Å². The standard InChI is InChI=1S/C44H47N9O3/c1-26(2)19-36-42(55)52(24-27(3)4)38-20-31(15-18-35(38)39(49-36)30-11-9-8-10-12-30)41(54)47-33-16-13-28(5)37(21-33)53-25-32-22-46-43(50-40(32)51(7)44(53)56)48-34-17-14-29(6)45-23-34/h8-18,20-23,26-27,36H,19,24-25H2,1-7H3,(H,47,54)(H,46,48,50)/t36-/m0/s1. The van der Waals surface area contributed by atoms with Crippen molar-refractivity contribution in [2.45, 2.75) is 60.5 Å². The van der Waals surface area contributed by atoms with Crippen molar-refractivity contribution in [1.82, 2.24) is 15.0 Å². The predicted octanol–water partition coefficient (Wildman–Crippen LogP) is 8.32. The molecule has 56 heavy (non-hydrogen) atoms. The van der Waals surface area contributed by atoms with Gasteiger partial charge < -0.3 is 15.5 Å². The van der Waals surface area contributed by atoms with E-state index in [2.05, 4.69) is 53.3 Å². The summed E-state index contributed by atoms with van der Waals surface area (Å²) in [6, 6.07) is 23.8. The molecule has 0 aliphatic carbocycles. The van der Waals surface area contributed by atoms with Crippen LogP contribution in [0.15, 0.2) is 96.2 Å². The Hall–Kier alpha value is -6.43. The number of nitrogens with zero attached hydrogens (tertiary/aromatic N) is 7. The van der Waals surface area contributed by atoms with E-state index in [1.807, 2.05) is 79.4 Å². The molecule has 286 valence electrons. The molecule has 2 N–H and O–H groups in total. The summed E-state index contributed by atoms with van der Waals surface area (Å²) in [5.74, 6) is 0.892. The second-order valence-corrected chi connectivity index (χ2v) is 15.3. The van der Waals surface area contributed by atoms with Gasteiger partial charge in [-0.05, 0) is 80.1 Å². The van der Waals surface area contributed by atoms with Crippen molar-refractivity contribution in [2.75, 3.05) is 38.9 Å². The van der Waals surface area contributed by atoms with Crippen LogP contribution < -0.4 is 25.3 Å². The van der Waals surface area contributed by atoms with E-state index >= 15 is 0 Å². The fourth-order valence-corrected chi connectivity index (χ4v) is 7.07. The number of carbonyl (C=O) groups is 3. The van der Waals surface area contributed by atoms with E-state index in [1.165, 1.54) is 4.90 Å². The van der Waals surface area contributed by atoms with Crippen molar-refractivity contribution in [1.29, 1.82) is 0 Å². The maximum Gasteiger partial charge on any atom is 0.330 e. The average Bonchev–Trinajstić information content (AvgIpc) is 3.28. The Morgan fingerprint density at radius 1 is 0.857 bits per heavy atom. The van der Waals surface area contributed by atoms with E-state index in [0.29, 0.717) is 47.4 Å². The second kappa shape index (κ2) is 15.7. The fourth-order valence-electron chi connectivity index (χ4n) is 7.07. The molecule has 0 radical (unpaired) electrons. The van der Waals surface area contributed by atoms with Gasteiger partial charge in [-0.2, -0.15) is 4.98 Å². The van der Waals surface area contributed by atoms with Crippen LogP contribution in [0.25, 0.3) is 0 Å². The number of urea groups is 1. The summed E-state index contributed by atoms with van der Waals surface area (Å²) in [7, 11) is 1.68. The Kier molecular flexibility index (Phi) is 10.6. The highest BCUT2D eigenvalue weighted by atomic mass is 16.2. The number of anilines is 6. The third kappa shape index (κ3) is 7.86. The number of aromatic nitrogens is 3. The molecular weight excluding hydrogens is 703 g/mol. The summed E-state index contributed by atoms with van der Waals surface area (Å²) in [5.41, 5.74) is 7.94. The van der Waals surface area contributed by atoms with E-state index < -0.39 is 6.04 Å². The Morgan fingerprint density at radius 3 is 2.34 bits per heavy atom. The Balaban J connectivity index is 1.17. The van der Waals surface area contributed by atoms with E-state index in [0.717, 1.165) is 39.3 Å². The number of amides is 4. The summed E-state index contributed by atoms with van der Waals surface area (Å²) < 4.78 is 0. The van der Waals surface area contributed by atoms with Crippen molar-refractivity contribution in [3.8, 4) is 0 Å². The molecule has 0 saturated carbocycles. The molecule has 2 aliphatic heterocycles. The molecule has 4 heterocycles. The molecule has 4 amide bonds. The molecule has 0 fully saturated rings. The van der Waals surface area contributed by atoms with Crippen molar-refractivity contribution in [3.05, 3.63) is 125 Å². The molecule has 7 rings (SSSR count). The third-order valence-electron chi connectivity index (χ3n) is 9.86. The minimum atomic E-state index is -0.551. The molecular formula is C44H47N9O3. The largest absolute Gasteiger partial charge is 0.330 e. The number of fused-ring (bicyclic) bond motifs is 2. The quantitative estimate of drug-likeness (QED) is 0.147. The second-order valence-electron chi connectivity index (χ2n) is 15.3. The number of aliphatic imine (C=N–C) groups is 1. The first-order valence-corrected chi connectivity index (χ1v) is 19.0. The Labute approximate surface area is 327 Å². The van der Waals surface area contributed by atoms with Gasteiger partial charge in [0, 0.05) is 53.4 Å². The Morgan fingerprint density at radius 2 is 1.62 bits per heavy atom. The van der Waals surface area contributed by atoms with Crippen LogP contribution in [-0.2, 0) is 11.3 Å². The summed E-state index contributed by atoms with van der Waals surface area (Å²) in [5, 5.41) is 6.21. The number of hydrogen-bond donors (Lipinski definition) is 2. The van der Waals surface area contributed by atoms with Crippen LogP contribution in [0.2, 0.25) is 0 Å². The van der Waals surface area contributed by atoms with E-state index in [9.17, 15) is 14.4 Å². The van der Waals surface area contributed by atoms with Crippen LogP contribution in [0.4, 0.5) is 39.3 Å². The lowest BCUT2D eigenvalue weighted by Gasteiger charge is -2.35. The smallest absolute Gasteiger partial charge is 0.323 e. The predicted molar refractivity (Wildman–Crippen MR) is 222 cm³/mol. The molecule has 0 unspecified atom stereocenters. The number of nitrogens with one attached hydrogen (secondary N) is 2. The van der Waals surface area contributed by atoms with Gasteiger partial charge in [-0.25, -0.2) is 9.78 Å². The molecule has 0 saturated heterocycles. The number of hydrogen-bond acceptors (Lipinski definition) is 8. The van der Waals surface area contributed by atoms with Gasteiger partial charge in [-0.1, -0.05) is 64.1 Å². The van der Waals surface area contributed by atoms with Crippen LogP contribution in [0.3, 0.4) is 0 Å². The van der Waals surface area contributed by atoms with Crippen LogP contribution in [0.5, 0.6) is 0 Å². The van der Waals surface area contributed by atoms with Gasteiger partial charge in [0.05, 0.1) is 35.5 Å². The number of pyridine rings is 1. The van der Waals surface area contributed by atoms with Gasteiger partial charge in [0.2, 0.25) is 5.95 Å². The molecule has 2 aromatic heterocycles. The van der Waals surface area contributed by atoms with Crippen molar-refractivity contribution in [3.63, 3.8) is 0 Å². The third-order valence-corrected chi connectivity index (χ3v) is 9.86. The monoisotopic (exact) mass is 749 g/mol. The fraction of sp³-hybridized carbons (Fsp3) is 0.295. The summed E-state index contributed by atoms with van der Waals surface area (Å²) in [6.45, 7) is 12.9. The molecule has 3 aromatic carbocycles.